The highest BCUT2D eigenvalue weighted by molar-refractivity contribution is 8.15. The van der Waals surface area contributed by atoms with Gasteiger partial charge in [-0.15, -0.1) is 0 Å². The molecule has 0 aromatic heterocycles. The molecule has 88 valence electrons. The Morgan fingerprint density at radius 3 is 2.94 bits per heavy atom. The van der Waals surface area contributed by atoms with Gasteiger partial charge in [0.2, 0.25) is 11.8 Å². The Bertz CT molecular complexity index is 331. The zero-order valence-electron chi connectivity index (χ0n) is 8.86. The smallest absolute Gasteiger partial charge is 0.236 e. The number of hydrogen-bond acceptors (Lipinski definition) is 5. The van der Waals surface area contributed by atoms with E-state index in [9.17, 15) is 9.59 Å². The van der Waals surface area contributed by atoms with Gasteiger partial charge in [-0.1, -0.05) is 11.8 Å². The van der Waals surface area contributed by atoms with Crippen LogP contribution in [0.25, 0.3) is 0 Å². The van der Waals surface area contributed by atoms with Crippen LogP contribution < -0.4 is 10.6 Å². The number of nitrogens with one attached hydrogen (secondary N) is 2. The number of rotatable bonds is 3. The average molecular weight is 242 g/mol. The molecule has 0 radical (unpaired) electrons. The number of hydrogen-bond donors (Lipinski definition) is 2. The van der Waals surface area contributed by atoms with Crippen LogP contribution in [0.4, 0.5) is 0 Å². The minimum absolute atomic E-state index is 0.0149. The first kappa shape index (κ1) is 11.4. The van der Waals surface area contributed by atoms with Crippen LogP contribution in [-0.4, -0.2) is 60.4 Å². The van der Waals surface area contributed by atoms with Crippen LogP contribution >= 0.6 is 11.8 Å². The zero-order valence-corrected chi connectivity index (χ0v) is 9.68. The Labute approximate surface area is 97.8 Å². The molecule has 0 aromatic carbocycles. The van der Waals surface area contributed by atoms with Gasteiger partial charge in [0.1, 0.15) is 0 Å². The molecule has 2 saturated heterocycles. The standard InChI is InChI=1S/C9H14N4O2S/c14-7-5-13(3-1-10-7)4-2-11-9-12-8(15)6-16-9/h1-6H2,(H,10,14)(H,11,12,15). The minimum Gasteiger partial charge on any atom is -0.354 e. The average Bonchev–Trinajstić information content (AvgIpc) is 2.64. The largest absolute Gasteiger partial charge is 0.354 e. The number of carbonyl (C=O) groups is 2. The van der Waals surface area contributed by atoms with E-state index in [1.54, 1.807) is 0 Å². The molecule has 7 heteroatoms. The van der Waals surface area contributed by atoms with Gasteiger partial charge >= 0.3 is 0 Å². The van der Waals surface area contributed by atoms with Gasteiger partial charge in [-0.25, -0.2) is 0 Å². The van der Waals surface area contributed by atoms with E-state index in [4.69, 9.17) is 0 Å². The van der Waals surface area contributed by atoms with Crippen LogP contribution in [0.1, 0.15) is 0 Å². The van der Waals surface area contributed by atoms with E-state index in [0.717, 1.165) is 13.1 Å². The number of thioether (sulfide) groups is 1. The van der Waals surface area contributed by atoms with Gasteiger partial charge in [-0.05, 0) is 0 Å². The molecule has 16 heavy (non-hydrogen) atoms. The summed E-state index contributed by atoms with van der Waals surface area (Å²) in [6.45, 7) is 3.41. The molecular weight excluding hydrogens is 228 g/mol. The quantitative estimate of drug-likeness (QED) is 0.641. The Morgan fingerprint density at radius 2 is 2.25 bits per heavy atom. The normalized spacial score (nSPS) is 24.6. The van der Waals surface area contributed by atoms with Crippen LogP contribution in [0, 0.1) is 0 Å². The highest BCUT2D eigenvalue weighted by Gasteiger charge is 2.17. The van der Waals surface area contributed by atoms with Crippen molar-refractivity contribution in [3.05, 3.63) is 0 Å². The van der Waals surface area contributed by atoms with E-state index >= 15 is 0 Å². The molecule has 0 unspecified atom stereocenters. The van der Waals surface area contributed by atoms with Gasteiger partial charge in [0.25, 0.3) is 0 Å². The molecule has 6 nitrogen and oxygen atoms in total. The van der Waals surface area contributed by atoms with Gasteiger partial charge < -0.3 is 10.6 Å². The van der Waals surface area contributed by atoms with Crippen LogP contribution in [0.15, 0.2) is 4.99 Å². The van der Waals surface area contributed by atoms with Crippen LogP contribution in [0.5, 0.6) is 0 Å². The molecule has 2 fully saturated rings. The van der Waals surface area contributed by atoms with Gasteiger partial charge in [0.15, 0.2) is 5.17 Å². The number of aliphatic imine (C=N–C) groups is 1. The topological polar surface area (TPSA) is 73.8 Å². The molecule has 2 aliphatic rings. The number of piperazine rings is 1. The fraction of sp³-hybridized carbons (Fsp3) is 0.667. The highest BCUT2D eigenvalue weighted by Crippen LogP contribution is 2.08. The predicted molar refractivity (Wildman–Crippen MR) is 62.4 cm³/mol. The molecule has 0 aromatic rings. The maximum absolute atomic E-state index is 11.1. The lowest BCUT2D eigenvalue weighted by molar-refractivity contribution is -0.124. The SMILES string of the molecule is O=C1CN(CCN=C2NC(=O)CS2)CCN1. The second-order valence-electron chi connectivity index (χ2n) is 3.65. The zero-order chi connectivity index (χ0) is 11.4. The molecule has 0 spiro atoms. The van der Waals surface area contributed by atoms with Crippen molar-refractivity contribution in [3.8, 4) is 0 Å². The Balaban J connectivity index is 1.71. The lowest BCUT2D eigenvalue weighted by Gasteiger charge is -2.25. The monoisotopic (exact) mass is 242 g/mol. The van der Waals surface area contributed by atoms with E-state index in [0.29, 0.717) is 30.6 Å². The third-order valence-electron chi connectivity index (χ3n) is 2.38. The second-order valence-corrected chi connectivity index (χ2v) is 4.61. The van der Waals surface area contributed by atoms with E-state index < -0.39 is 0 Å². The first-order chi connectivity index (χ1) is 7.74. The predicted octanol–water partition coefficient (Wildman–Crippen LogP) is -1.36. The summed E-state index contributed by atoms with van der Waals surface area (Å²) in [7, 11) is 0. The Morgan fingerprint density at radius 1 is 1.38 bits per heavy atom. The molecule has 2 heterocycles. The molecule has 0 bridgehead atoms. The van der Waals surface area contributed by atoms with Crippen molar-refractivity contribution in [2.75, 3.05) is 38.5 Å². The third-order valence-corrected chi connectivity index (χ3v) is 3.29. The summed E-state index contributed by atoms with van der Waals surface area (Å²) in [5.74, 6) is 0.550. The summed E-state index contributed by atoms with van der Waals surface area (Å²) in [5, 5.41) is 6.15. The molecule has 2 rings (SSSR count). The Hall–Kier alpha value is -1.08. The lowest BCUT2D eigenvalue weighted by atomic mass is 10.3. The van der Waals surface area contributed by atoms with Crippen molar-refractivity contribution >= 4 is 28.7 Å². The summed E-state index contributed by atoms with van der Waals surface area (Å²) < 4.78 is 0. The van der Waals surface area contributed by atoms with Crippen molar-refractivity contribution in [3.63, 3.8) is 0 Å². The van der Waals surface area contributed by atoms with Crippen LogP contribution in [0.2, 0.25) is 0 Å². The van der Waals surface area contributed by atoms with Crippen molar-refractivity contribution in [2.24, 2.45) is 4.99 Å². The molecular formula is C9H14N4O2S. The summed E-state index contributed by atoms with van der Waals surface area (Å²) in [5.41, 5.74) is 0. The third kappa shape index (κ3) is 3.21. The van der Waals surface area contributed by atoms with Gasteiger partial charge in [-0.3, -0.25) is 19.5 Å². The summed E-state index contributed by atoms with van der Waals surface area (Å²) in [4.78, 5) is 28.3. The summed E-state index contributed by atoms with van der Waals surface area (Å²) >= 11 is 1.43. The van der Waals surface area contributed by atoms with Crippen molar-refractivity contribution in [1.29, 1.82) is 0 Å². The summed E-state index contributed by atoms with van der Waals surface area (Å²) in [6.07, 6.45) is 0. The Kier molecular flexibility index (Phi) is 3.79. The second kappa shape index (κ2) is 5.31. The molecule has 0 saturated carbocycles. The van der Waals surface area contributed by atoms with E-state index in [-0.39, 0.29) is 11.8 Å². The van der Waals surface area contributed by atoms with Crippen LogP contribution in [-0.2, 0) is 9.59 Å². The van der Waals surface area contributed by atoms with Gasteiger partial charge in [-0.2, -0.15) is 0 Å². The summed E-state index contributed by atoms with van der Waals surface area (Å²) in [6, 6.07) is 0. The first-order valence-electron chi connectivity index (χ1n) is 5.20. The molecule has 2 aliphatic heterocycles. The fourth-order valence-corrected chi connectivity index (χ4v) is 2.29. The molecule has 0 atom stereocenters. The van der Waals surface area contributed by atoms with Gasteiger partial charge in [0.05, 0.1) is 18.8 Å². The van der Waals surface area contributed by atoms with E-state index in [2.05, 4.69) is 20.5 Å². The molecule has 0 aliphatic carbocycles. The first-order valence-corrected chi connectivity index (χ1v) is 6.19. The van der Waals surface area contributed by atoms with Crippen LogP contribution in [0.3, 0.4) is 0 Å². The molecule has 2 amide bonds. The van der Waals surface area contributed by atoms with Gasteiger partial charge in [0, 0.05) is 19.6 Å². The number of carbonyl (C=O) groups excluding carboxylic acids is 2. The molecule has 2 N–H and O–H groups in total. The maximum Gasteiger partial charge on any atom is 0.236 e. The lowest BCUT2D eigenvalue weighted by Crippen LogP contribution is -2.48. The fourth-order valence-electron chi connectivity index (χ4n) is 1.59. The number of amidine groups is 1. The number of nitrogens with zero attached hydrogens (tertiary/aromatic N) is 2. The van der Waals surface area contributed by atoms with Crippen molar-refractivity contribution in [1.82, 2.24) is 15.5 Å². The van der Waals surface area contributed by atoms with E-state index in [1.165, 1.54) is 11.8 Å². The minimum atomic E-state index is 0.0149. The van der Waals surface area contributed by atoms with Crippen molar-refractivity contribution < 1.29 is 9.59 Å². The van der Waals surface area contributed by atoms with Crippen molar-refractivity contribution in [2.45, 2.75) is 0 Å². The highest BCUT2D eigenvalue weighted by atomic mass is 32.2. The van der Waals surface area contributed by atoms with E-state index in [1.807, 2.05) is 0 Å². The number of amides is 2. The maximum atomic E-state index is 11.1.